The predicted octanol–water partition coefficient (Wildman–Crippen LogP) is 2.06. The first-order valence-corrected chi connectivity index (χ1v) is 6.12. The summed E-state index contributed by atoms with van der Waals surface area (Å²) < 4.78 is 10.3. The van der Waals surface area contributed by atoms with Gasteiger partial charge in [-0.3, -0.25) is 0 Å². The van der Waals surface area contributed by atoms with E-state index in [1.807, 2.05) is 18.2 Å². The molecule has 0 bridgehead atoms. The Balaban J connectivity index is 1.83. The first-order valence-electron chi connectivity index (χ1n) is 5.13. The van der Waals surface area contributed by atoms with Crippen molar-refractivity contribution in [3.05, 3.63) is 18.2 Å². The summed E-state index contributed by atoms with van der Waals surface area (Å²) in [7, 11) is 1.66. The molecule has 1 atom stereocenters. The molecular weight excluding hydrogens is 224 g/mol. The number of rotatable bonds is 4. The van der Waals surface area contributed by atoms with E-state index in [2.05, 4.69) is 9.97 Å². The molecule has 0 spiro atoms. The normalized spacial score (nSPS) is 18.9. The Morgan fingerprint density at radius 1 is 1.62 bits per heavy atom. The van der Waals surface area contributed by atoms with Gasteiger partial charge in [0.2, 0.25) is 0 Å². The standard InChI is InChI=1S/C11H12N2O2S/c1-14-7-2-3-9-10(4-7)13-11(12-9)16-6-8-5-15-8/h2-4,8H,5-6H2,1H3,(H,12,13). The fourth-order valence-electron chi connectivity index (χ4n) is 1.50. The van der Waals surface area contributed by atoms with Gasteiger partial charge in [0.15, 0.2) is 5.16 Å². The number of imidazole rings is 1. The van der Waals surface area contributed by atoms with Crippen molar-refractivity contribution in [3.63, 3.8) is 0 Å². The zero-order chi connectivity index (χ0) is 11.0. The van der Waals surface area contributed by atoms with Gasteiger partial charge in [-0.2, -0.15) is 0 Å². The van der Waals surface area contributed by atoms with E-state index in [1.165, 1.54) is 0 Å². The Hall–Kier alpha value is -1.20. The Bertz CT molecular complexity index is 508. The Kier molecular flexibility index (Phi) is 2.49. The number of nitrogens with zero attached hydrogens (tertiary/aromatic N) is 1. The highest BCUT2D eigenvalue weighted by Gasteiger charge is 2.22. The summed E-state index contributed by atoms with van der Waals surface area (Å²) in [6.45, 7) is 0.890. The molecular formula is C11H12N2O2S. The molecule has 0 saturated carbocycles. The molecule has 0 radical (unpaired) electrons. The number of benzene rings is 1. The number of hydrogen-bond acceptors (Lipinski definition) is 4. The number of H-pyrrole nitrogens is 1. The van der Waals surface area contributed by atoms with Crippen LogP contribution in [0.15, 0.2) is 23.4 Å². The minimum absolute atomic E-state index is 0.424. The lowest BCUT2D eigenvalue weighted by Crippen LogP contribution is -1.88. The second-order valence-electron chi connectivity index (χ2n) is 3.69. The molecule has 3 rings (SSSR count). The van der Waals surface area contributed by atoms with Crippen molar-refractivity contribution < 1.29 is 9.47 Å². The fourth-order valence-corrected chi connectivity index (χ4v) is 2.38. The largest absolute Gasteiger partial charge is 0.497 e. The maximum Gasteiger partial charge on any atom is 0.166 e. The van der Waals surface area contributed by atoms with Crippen LogP contribution in [-0.4, -0.2) is 35.5 Å². The van der Waals surface area contributed by atoms with E-state index in [0.29, 0.717) is 6.10 Å². The van der Waals surface area contributed by atoms with E-state index in [-0.39, 0.29) is 0 Å². The lowest BCUT2D eigenvalue weighted by atomic mass is 10.3. The number of hydrogen-bond donors (Lipinski definition) is 1. The lowest BCUT2D eigenvalue weighted by Gasteiger charge is -1.96. The van der Waals surface area contributed by atoms with Gasteiger partial charge in [0.1, 0.15) is 5.75 Å². The van der Waals surface area contributed by atoms with Gasteiger partial charge in [0, 0.05) is 11.8 Å². The third-order valence-electron chi connectivity index (χ3n) is 2.48. The van der Waals surface area contributed by atoms with Gasteiger partial charge in [-0.05, 0) is 12.1 Å². The molecule has 4 nitrogen and oxygen atoms in total. The minimum atomic E-state index is 0.424. The molecule has 2 aromatic rings. The molecule has 16 heavy (non-hydrogen) atoms. The molecule has 2 heterocycles. The highest BCUT2D eigenvalue weighted by molar-refractivity contribution is 7.99. The number of aromatic amines is 1. The van der Waals surface area contributed by atoms with Crippen LogP contribution in [-0.2, 0) is 4.74 Å². The third kappa shape index (κ3) is 2.01. The molecule has 5 heteroatoms. The first-order chi connectivity index (χ1) is 7.85. The van der Waals surface area contributed by atoms with Gasteiger partial charge < -0.3 is 14.5 Å². The molecule has 1 N–H and O–H groups in total. The molecule has 0 amide bonds. The van der Waals surface area contributed by atoms with Crippen LogP contribution in [0.2, 0.25) is 0 Å². The first kappa shape index (κ1) is 9.99. The van der Waals surface area contributed by atoms with Crippen molar-refractivity contribution in [2.75, 3.05) is 19.5 Å². The van der Waals surface area contributed by atoms with Crippen molar-refractivity contribution in [1.29, 1.82) is 0 Å². The summed E-state index contributed by atoms with van der Waals surface area (Å²) in [4.78, 5) is 7.75. The summed E-state index contributed by atoms with van der Waals surface area (Å²) in [6, 6.07) is 5.84. The zero-order valence-electron chi connectivity index (χ0n) is 8.90. The van der Waals surface area contributed by atoms with Gasteiger partial charge >= 0.3 is 0 Å². The fraction of sp³-hybridized carbons (Fsp3) is 0.364. The molecule has 1 fully saturated rings. The average Bonchev–Trinajstić information content (AvgIpc) is 3.04. The summed E-state index contributed by atoms with van der Waals surface area (Å²) in [6.07, 6.45) is 0.424. The van der Waals surface area contributed by atoms with E-state index < -0.39 is 0 Å². The van der Waals surface area contributed by atoms with E-state index in [9.17, 15) is 0 Å². The van der Waals surface area contributed by atoms with Gasteiger partial charge in [-0.25, -0.2) is 4.98 Å². The number of fused-ring (bicyclic) bond motifs is 1. The molecule has 1 unspecified atom stereocenters. The van der Waals surface area contributed by atoms with E-state index >= 15 is 0 Å². The molecule has 1 aliphatic rings. The highest BCUT2D eigenvalue weighted by atomic mass is 32.2. The molecule has 1 aliphatic heterocycles. The van der Waals surface area contributed by atoms with Crippen LogP contribution in [0.5, 0.6) is 5.75 Å². The van der Waals surface area contributed by atoms with E-state index in [0.717, 1.165) is 34.3 Å². The quantitative estimate of drug-likeness (QED) is 0.652. The Morgan fingerprint density at radius 3 is 3.25 bits per heavy atom. The highest BCUT2D eigenvalue weighted by Crippen LogP contribution is 2.25. The van der Waals surface area contributed by atoms with E-state index in [1.54, 1.807) is 18.9 Å². The van der Waals surface area contributed by atoms with Crippen LogP contribution in [0.3, 0.4) is 0 Å². The molecule has 1 saturated heterocycles. The van der Waals surface area contributed by atoms with Crippen molar-refractivity contribution in [3.8, 4) is 5.75 Å². The van der Waals surface area contributed by atoms with Gasteiger partial charge in [-0.15, -0.1) is 0 Å². The third-order valence-corrected chi connectivity index (χ3v) is 3.48. The van der Waals surface area contributed by atoms with Crippen LogP contribution in [0, 0.1) is 0 Å². The van der Waals surface area contributed by atoms with Gasteiger partial charge in [0.05, 0.1) is 30.9 Å². The maximum atomic E-state index is 5.17. The Labute approximate surface area is 97.3 Å². The Morgan fingerprint density at radius 2 is 2.50 bits per heavy atom. The van der Waals surface area contributed by atoms with Crippen LogP contribution in [0.1, 0.15) is 0 Å². The molecule has 1 aromatic heterocycles. The van der Waals surface area contributed by atoms with E-state index in [4.69, 9.17) is 9.47 Å². The van der Waals surface area contributed by atoms with Crippen molar-refractivity contribution >= 4 is 22.8 Å². The number of aromatic nitrogens is 2. The summed E-state index contributed by atoms with van der Waals surface area (Å²) in [5, 5.41) is 0.943. The maximum absolute atomic E-state index is 5.17. The summed E-state index contributed by atoms with van der Waals surface area (Å²) >= 11 is 1.70. The zero-order valence-corrected chi connectivity index (χ0v) is 9.71. The summed E-state index contributed by atoms with van der Waals surface area (Å²) in [5.74, 6) is 1.81. The van der Waals surface area contributed by atoms with Crippen molar-refractivity contribution in [2.24, 2.45) is 0 Å². The number of thioether (sulfide) groups is 1. The van der Waals surface area contributed by atoms with Crippen molar-refractivity contribution in [2.45, 2.75) is 11.3 Å². The minimum Gasteiger partial charge on any atom is -0.497 e. The van der Waals surface area contributed by atoms with Crippen LogP contribution >= 0.6 is 11.8 Å². The monoisotopic (exact) mass is 236 g/mol. The number of methoxy groups -OCH3 is 1. The molecule has 0 aliphatic carbocycles. The summed E-state index contributed by atoms with van der Waals surface area (Å²) in [5.41, 5.74) is 1.98. The molecule has 1 aromatic carbocycles. The molecule has 84 valence electrons. The second kappa shape index (κ2) is 3.99. The van der Waals surface area contributed by atoms with Crippen LogP contribution < -0.4 is 4.74 Å². The number of nitrogens with one attached hydrogen (secondary N) is 1. The van der Waals surface area contributed by atoms with Gasteiger partial charge in [0.25, 0.3) is 0 Å². The predicted molar refractivity (Wildman–Crippen MR) is 63.1 cm³/mol. The lowest BCUT2D eigenvalue weighted by molar-refractivity contribution is 0.415. The second-order valence-corrected chi connectivity index (χ2v) is 4.70. The topological polar surface area (TPSA) is 50.4 Å². The van der Waals surface area contributed by atoms with Gasteiger partial charge in [-0.1, -0.05) is 11.8 Å². The number of ether oxygens (including phenoxy) is 2. The SMILES string of the molecule is COc1ccc2nc(SCC3CO3)[nH]c2c1. The van der Waals surface area contributed by atoms with Crippen LogP contribution in [0.4, 0.5) is 0 Å². The number of epoxide rings is 1. The average molecular weight is 236 g/mol. The van der Waals surface area contributed by atoms with Crippen LogP contribution in [0.25, 0.3) is 11.0 Å². The smallest absolute Gasteiger partial charge is 0.166 e. The van der Waals surface area contributed by atoms with Crippen molar-refractivity contribution in [1.82, 2.24) is 9.97 Å².